The fraction of sp³-hybridized carbons (Fsp3) is 0.231. The van der Waals surface area contributed by atoms with E-state index in [9.17, 15) is 23.1 Å². The van der Waals surface area contributed by atoms with Crippen molar-refractivity contribution in [3.63, 3.8) is 0 Å². The Hall–Kier alpha value is -3.61. The van der Waals surface area contributed by atoms with Gasteiger partial charge in [-0.05, 0) is 78.3 Å². The number of aromatic nitrogens is 1. The van der Waals surface area contributed by atoms with Crippen LogP contribution < -0.4 is 4.74 Å². The first-order chi connectivity index (χ1) is 15.7. The van der Waals surface area contributed by atoms with Crippen LogP contribution in [-0.2, 0) is 12.8 Å². The number of carbonyl (C=O) groups is 1. The van der Waals surface area contributed by atoms with E-state index in [1.54, 1.807) is 6.92 Å². The highest BCUT2D eigenvalue weighted by atomic mass is 19.4. The average molecular weight is 453 g/mol. The first kappa shape index (κ1) is 22.6. The van der Waals surface area contributed by atoms with Gasteiger partial charge in [-0.3, -0.25) is 4.98 Å². The van der Waals surface area contributed by atoms with E-state index in [1.807, 2.05) is 30.3 Å². The van der Waals surface area contributed by atoms with Crippen LogP contribution in [0, 0.1) is 6.92 Å². The maximum atomic E-state index is 13.9. The Bertz CT molecular complexity index is 1220. The second-order valence-corrected chi connectivity index (χ2v) is 7.95. The molecule has 0 saturated carbocycles. The van der Waals surface area contributed by atoms with Gasteiger partial charge in [-0.2, -0.15) is 13.2 Å². The van der Waals surface area contributed by atoms with E-state index in [4.69, 9.17) is 4.74 Å². The first-order valence-corrected chi connectivity index (χ1v) is 10.5. The maximum Gasteiger partial charge on any atom is 0.417 e. The molecule has 2 aromatic carbocycles. The first-order valence-electron chi connectivity index (χ1n) is 10.5. The van der Waals surface area contributed by atoms with Gasteiger partial charge in [-0.15, -0.1) is 0 Å². The van der Waals surface area contributed by atoms with Crippen LogP contribution in [0.3, 0.4) is 0 Å². The van der Waals surface area contributed by atoms with E-state index in [-0.39, 0.29) is 17.7 Å². The lowest BCUT2D eigenvalue weighted by molar-refractivity contribution is -0.137. The molecule has 0 bridgehead atoms. The van der Waals surface area contributed by atoms with Crippen LogP contribution in [0.1, 0.15) is 57.6 Å². The summed E-state index contributed by atoms with van der Waals surface area (Å²) >= 11 is 0. The van der Waals surface area contributed by atoms with E-state index in [1.165, 1.54) is 24.4 Å². The van der Waals surface area contributed by atoms with E-state index in [2.05, 4.69) is 4.98 Å². The summed E-state index contributed by atoms with van der Waals surface area (Å²) in [6.45, 7) is 1.83. The highest BCUT2D eigenvalue weighted by Crippen LogP contribution is 2.45. The third kappa shape index (κ3) is 4.92. The number of hydrogen-bond donors (Lipinski definition) is 1. The molecule has 0 atom stereocenters. The molecule has 7 heteroatoms. The van der Waals surface area contributed by atoms with Gasteiger partial charge < -0.3 is 9.84 Å². The molecule has 0 fully saturated rings. The minimum absolute atomic E-state index is 0.0437. The molecule has 4 rings (SSSR count). The van der Waals surface area contributed by atoms with Gasteiger partial charge in [0.25, 0.3) is 0 Å². The van der Waals surface area contributed by atoms with Crippen molar-refractivity contribution in [3.05, 3.63) is 94.3 Å². The molecule has 3 aromatic rings. The molecule has 0 aliphatic heterocycles. The molecular formula is C26H22F3NO3. The number of halogens is 3. The molecule has 4 nitrogen and oxygen atoms in total. The molecule has 0 spiro atoms. The predicted molar refractivity (Wildman–Crippen MR) is 119 cm³/mol. The molecule has 1 aliphatic rings. The van der Waals surface area contributed by atoms with Crippen molar-refractivity contribution in [2.45, 2.75) is 39.0 Å². The largest absolute Gasteiger partial charge is 0.489 e. The highest BCUT2D eigenvalue weighted by molar-refractivity contribution is 5.96. The summed E-state index contributed by atoms with van der Waals surface area (Å²) in [6.07, 6.45) is -1.33. The van der Waals surface area contributed by atoms with Crippen LogP contribution in [0.4, 0.5) is 13.2 Å². The van der Waals surface area contributed by atoms with Crippen molar-refractivity contribution in [2.75, 3.05) is 0 Å². The van der Waals surface area contributed by atoms with Gasteiger partial charge in [-0.1, -0.05) is 30.3 Å². The van der Waals surface area contributed by atoms with Crippen LogP contribution in [0.5, 0.6) is 5.75 Å². The molecule has 0 saturated heterocycles. The molecular weight excluding hydrogens is 431 g/mol. The molecule has 0 unspecified atom stereocenters. The molecule has 0 radical (unpaired) electrons. The number of benzene rings is 2. The van der Waals surface area contributed by atoms with Gasteiger partial charge in [0.2, 0.25) is 0 Å². The van der Waals surface area contributed by atoms with Crippen LogP contribution in [-0.4, -0.2) is 16.1 Å². The van der Waals surface area contributed by atoms with Crippen molar-refractivity contribution < 1.29 is 27.8 Å². The Morgan fingerprint density at radius 3 is 2.48 bits per heavy atom. The zero-order valence-electron chi connectivity index (χ0n) is 17.9. The third-order valence-electron chi connectivity index (χ3n) is 5.75. The summed E-state index contributed by atoms with van der Waals surface area (Å²) in [4.78, 5) is 15.7. The summed E-state index contributed by atoms with van der Waals surface area (Å²) in [6, 6.07) is 14.7. The predicted octanol–water partition coefficient (Wildman–Crippen LogP) is 6.78. The number of nitrogens with zero attached hydrogens (tertiary/aromatic N) is 1. The summed E-state index contributed by atoms with van der Waals surface area (Å²) in [7, 11) is 0. The summed E-state index contributed by atoms with van der Waals surface area (Å²) in [5.41, 5.74) is 2.42. The second-order valence-electron chi connectivity index (χ2n) is 7.95. The lowest BCUT2D eigenvalue weighted by atomic mass is 9.93. The quantitative estimate of drug-likeness (QED) is 0.447. The summed E-state index contributed by atoms with van der Waals surface area (Å²) in [5.74, 6) is -0.775. The van der Waals surface area contributed by atoms with Crippen molar-refractivity contribution in [1.29, 1.82) is 0 Å². The number of aromatic carboxylic acids is 1. The third-order valence-corrected chi connectivity index (χ3v) is 5.75. The maximum absolute atomic E-state index is 13.9. The molecule has 1 N–H and O–H groups in total. The Labute approximate surface area is 189 Å². The molecule has 1 heterocycles. The standard InChI is InChI=1S/C26H22F3NO3/c1-16-22(25(31)32)12-18(14-30-16)20-8-5-9-21(20)23-13-19(10-11-24(23)26(27,28)29)33-15-17-6-3-2-4-7-17/h2-4,6-7,10-14H,5,8-9,15H2,1H3,(H,31,32). The van der Waals surface area contributed by atoms with Gasteiger partial charge in [0, 0.05) is 6.20 Å². The number of rotatable bonds is 6. The number of hydrogen-bond acceptors (Lipinski definition) is 3. The van der Waals surface area contributed by atoms with Crippen LogP contribution in [0.2, 0.25) is 0 Å². The zero-order chi connectivity index (χ0) is 23.6. The molecule has 33 heavy (non-hydrogen) atoms. The van der Waals surface area contributed by atoms with Gasteiger partial charge in [0.1, 0.15) is 12.4 Å². The van der Waals surface area contributed by atoms with Crippen LogP contribution >= 0.6 is 0 Å². The van der Waals surface area contributed by atoms with E-state index >= 15 is 0 Å². The number of allylic oxidation sites excluding steroid dienone is 2. The Morgan fingerprint density at radius 1 is 1.06 bits per heavy atom. The number of aryl methyl sites for hydroxylation is 1. The Kier molecular flexibility index (Phi) is 6.22. The fourth-order valence-electron chi connectivity index (χ4n) is 4.13. The number of carboxylic acid groups (broad SMARTS) is 1. The Balaban J connectivity index is 1.78. The zero-order valence-corrected chi connectivity index (χ0v) is 17.9. The topological polar surface area (TPSA) is 59.4 Å². The molecule has 0 amide bonds. The SMILES string of the molecule is Cc1ncc(C2=C(c3cc(OCc4ccccc4)ccc3C(F)(F)F)CCC2)cc1C(=O)O. The van der Waals surface area contributed by atoms with Crippen molar-refractivity contribution in [3.8, 4) is 5.75 Å². The average Bonchev–Trinajstić information content (AvgIpc) is 3.27. The monoisotopic (exact) mass is 453 g/mol. The van der Waals surface area contributed by atoms with Crippen molar-refractivity contribution in [1.82, 2.24) is 4.98 Å². The van der Waals surface area contributed by atoms with Gasteiger partial charge in [0.15, 0.2) is 0 Å². The Morgan fingerprint density at radius 2 is 1.79 bits per heavy atom. The number of alkyl halides is 3. The second kappa shape index (κ2) is 9.10. The van der Waals surface area contributed by atoms with Crippen molar-refractivity contribution >= 4 is 17.1 Å². The number of pyridine rings is 1. The van der Waals surface area contributed by atoms with E-state index in [0.29, 0.717) is 47.4 Å². The number of ether oxygens (including phenoxy) is 1. The highest BCUT2D eigenvalue weighted by Gasteiger charge is 2.35. The fourth-order valence-corrected chi connectivity index (χ4v) is 4.13. The van der Waals surface area contributed by atoms with E-state index < -0.39 is 17.7 Å². The van der Waals surface area contributed by atoms with Crippen LogP contribution in [0.15, 0.2) is 60.8 Å². The lowest BCUT2D eigenvalue weighted by Crippen LogP contribution is -2.09. The molecule has 1 aliphatic carbocycles. The summed E-state index contributed by atoms with van der Waals surface area (Å²) in [5, 5.41) is 9.43. The van der Waals surface area contributed by atoms with Gasteiger partial charge >= 0.3 is 12.1 Å². The normalized spacial score (nSPS) is 13.9. The lowest BCUT2D eigenvalue weighted by Gasteiger charge is -2.18. The summed E-state index contributed by atoms with van der Waals surface area (Å²) < 4.78 is 47.4. The van der Waals surface area contributed by atoms with Gasteiger partial charge in [0.05, 0.1) is 16.8 Å². The molecule has 1 aromatic heterocycles. The van der Waals surface area contributed by atoms with Crippen LogP contribution in [0.25, 0.3) is 11.1 Å². The van der Waals surface area contributed by atoms with Crippen molar-refractivity contribution in [2.24, 2.45) is 0 Å². The van der Waals surface area contributed by atoms with Gasteiger partial charge in [-0.25, -0.2) is 4.79 Å². The molecule has 170 valence electrons. The smallest absolute Gasteiger partial charge is 0.417 e. The minimum Gasteiger partial charge on any atom is -0.489 e. The number of carboxylic acids is 1. The van der Waals surface area contributed by atoms with E-state index in [0.717, 1.165) is 11.6 Å². The minimum atomic E-state index is -4.54.